The summed E-state index contributed by atoms with van der Waals surface area (Å²) in [5.74, 6) is -0.226. The summed E-state index contributed by atoms with van der Waals surface area (Å²) in [5, 5.41) is 2.84. The summed E-state index contributed by atoms with van der Waals surface area (Å²) in [6.07, 6.45) is 1.36. The molecule has 0 aliphatic heterocycles. The van der Waals surface area contributed by atoms with Crippen molar-refractivity contribution in [2.75, 3.05) is 11.1 Å². The van der Waals surface area contributed by atoms with E-state index in [2.05, 4.69) is 15.3 Å². The van der Waals surface area contributed by atoms with Gasteiger partial charge in [-0.3, -0.25) is 4.79 Å². The summed E-state index contributed by atoms with van der Waals surface area (Å²) >= 11 is 5.59. The van der Waals surface area contributed by atoms with Crippen molar-refractivity contribution >= 4 is 29.0 Å². The van der Waals surface area contributed by atoms with Gasteiger partial charge in [0.1, 0.15) is 5.54 Å². The van der Waals surface area contributed by atoms with Gasteiger partial charge in [-0.25, -0.2) is 4.98 Å². The molecule has 15 heavy (non-hydrogen) atoms. The SMILES string of the molecule is CC(C)(Nc1nc(Cl)ncc1N)C(N)=O. The molecule has 0 spiro atoms. The number of rotatable bonds is 3. The van der Waals surface area contributed by atoms with Gasteiger partial charge in [-0.15, -0.1) is 0 Å². The normalized spacial score (nSPS) is 11.1. The van der Waals surface area contributed by atoms with E-state index in [4.69, 9.17) is 23.1 Å². The van der Waals surface area contributed by atoms with Crippen molar-refractivity contribution in [1.29, 1.82) is 0 Å². The van der Waals surface area contributed by atoms with Crippen LogP contribution in [0.5, 0.6) is 0 Å². The highest BCUT2D eigenvalue weighted by Crippen LogP contribution is 2.20. The van der Waals surface area contributed by atoms with Gasteiger partial charge in [0.25, 0.3) is 0 Å². The van der Waals surface area contributed by atoms with Crippen LogP contribution in [0.4, 0.5) is 11.5 Å². The Labute approximate surface area is 92.0 Å². The van der Waals surface area contributed by atoms with Gasteiger partial charge in [0, 0.05) is 0 Å². The van der Waals surface area contributed by atoms with Gasteiger partial charge in [-0.1, -0.05) is 0 Å². The molecular weight excluding hydrogens is 218 g/mol. The maximum atomic E-state index is 11.1. The van der Waals surface area contributed by atoms with Crippen LogP contribution in [0.25, 0.3) is 0 Å². The van der Waals surface area contributed by atoms with E-state index < -0.39 is 11.4 Å². The maximum Gasteiger partial charge on any atom is 0.242 e. The third-order valence-electron chi connectivity index (χ3n) is 1.83. The number of carbonyl (C=O) groups is 1. The Hall–Kier alpha value is -1.56. The maximum absolute atomic E-state index is 11.1. The van der Waals surface area contributed by atoms with E-state index in [1.165, 1.54) is 6.20 Å². The quantitative estimate of drug-likeness (QED) is 0.650. The largest absolute Gasteiger partial charge is 0.394 e. The first-order valence-corrected chi connectivity index (χ1v) is 4.57. The van der Waals surface area contributed by atoms with Crippen molar-refractivity contribution in [2.24, 2.45) is 5.73 Å². The van der Waals surface area contributed by atoms with E-state index in [0.29, 0.717) is 11.5 Å². The molecule has 82 valence electrons. The second kappa shape index (κ2) is 3.90. The van der Waals surface area contributed by atoms with Gasteiger partial charge in [0.05, 0.1) is 11.9 Å². The molecule has 6 nitrogen and oxygen atoms in total. The predicted molar refractivity (Wildman–Crippen MR) is 58.4 cm³/mol. The number of primary amides is 1. The van der Waals surface area contributed by atoms with Crippen LogP contribution in [-0.2, 0) is 4.79 Å². The highest BCUT2D eigenvalue weighted by atomic mass is 35.5. The fourth-order valence-electron chi connectivity index (χ4n) is 0.827. The number of nitrogens with one attached hydrogen (secondary N) is 1. The number of nitrogens with two attached hydrogens (primary N) is 2. The van der Waals surface area contributed by atoms with Gasteiger partial charge >= 0.3 is 0 Å². The van der Waals surface area contributed by atoms with Crippen LogP contribution in [0.15, 0.2) is 6.20 Å². The minimum atomic E-state index is -0.953. The number of carbonyl (C=O) groups excluding carboxylic acids is 1. The molecule has 1 rings (SSSR count). The first-order valence-electron chi connectivity index (χ1n) is 4.19. The van der Waals surface area contributed by atoms with Crippen LogP contribution < -0.4 is 16.8 Å². The molecule has 1 amide bonds. The Bertz CT molecular complexity index is 393. The first-order chi connectivity index (χ1) is 6.83. The van der Waals surface area contributed by atoms with Crippen LogP contribution >= 0.6 is 11.6 Å². The summed E-state index contributed by atoms with van der Waals surface area (Å²) in [6.45, 7) is 3.23. The summed E-state index contributed by atoms with van der Waals surface area (Å²) in [4.78, 5) is 18.6. The number of nitrogen functional groups attached to an aromatic ring is 1. The molecule has 7 heteroatoms. The van der Waals surface area contributed by atoms with Crippen molar-refractivity contribution < 1.29 is 4.79 Å². The van der Waals surface area contributed by atoms with Crippen molar-refractivity contribution in [3.8, 4) is 0 Å². The van der Waals surface area contributed by atoms with Crippen molar-refractivity contribution in [3.63, 3.8) is 0 Å². The zero-order chi connectivity index (χ0) is 11.6. The van der Waals surface area contributed by atoms with Crippen molar-refractivity contribution in [2.45, 2.75) is 19.4 Å². The van der Waals surface area contributed by atoms with Crippen LogP contribution in [0.2, 0.25) is 5.28 Å². The Morgan fingerprint density at radius 2 is 2.20 bits per heavy atom. The second-order valence-corrected chi connectivity index (χ2v) is 3.90. The number of amides is 1. The van der Waals surface area contributed by atoms with Crippen LogP contribution in [0.3, 0.4) is 0 Å². The minimum absolute atomic E-state index is 0.0481. The van der Waals surface area contributed by atoms with Crippen molar-refractivity contribution in [1.82, 2.24) is 9.97 Å². The number of hydrogen-bond acceptors (Lipinski definition) is 5. The highest BCUT2D eigenvalue weighted by Gasteiger charge is 2.25. The van der Waals surface area contributed by atoms with Gasteiger partial charge in [0.2, 0.25) is 11.2 Å². The van der Waals surface area contributed by atoms with Gasteiger partial charge in [-0.2, -0.15) is 4.98 Å². The Morgan fingerprint density at radius 1 is 1.60 bits per heavy atom. The highest BCUT2D eigenvalue weighted by molar-refractivity contribution is 6.28. The third kappa shape index (κ3) is 2.69. The lowest BCUT2D eigenvalue weighted by atomic mass is 10.1. The summed E-state index contributed by atoms with van der Waals surface area (Å²) in [5.41, 5.74) is 10.1. The molecule has 1 aromatic heterocycles. The van der Waals surface area contributed by atoms with E-state index in [9.17, 15) is 4.79 Å². The molecule has 0 bridgehead atoms. The number of hydrogen-bond donors (Lipinski definition) is 3. The Morgan fingerprint density at radius 3 is 2.73 bits per heavy atom. The zero-order valence-corrected chi connectivity index (χ0v) is 9.17. The molecule has 0 atom stereocenters. The molecule has 1 aromatic rings. The van der Waals surface area contributed by atoms with Crippen LogP contribution in [0.1, 0.15) is 13.8 Å². The number of aromatic nitrogens is 2. The van der Waals surface area contributed by atoms with E-state index in [1.54, 1.807) is 13.8 Å². The fraction of sp³-hybridized carbons (Fsp3) is 0.375. The molecule has 0 unspecified atom stereocenters. The number of nitrogens with zero attached hydrogens (tertiary/aromatic N) is 2. The Kier molecular flexibility index (Phi) is 2.99. The summed E-state index contributed by atoms with van der Waals surface area (Å²) in [7, 11) is 0. The van der Waals surface area contributed by atoms with E-state index >= 15 is 0 Å². The molecule has 0 aromatic carbocycles. The smallest absolute Gasteiger partial charge is 0.242 e. The molecule has 0 saturated heterocycles. The van der Waals surface area contributed by atoms with E-state index in [0.717, 1.165) is 0 Å². The molecule has 1 heterocycles. The first kappa shape index (κ1) is 11.5. The molecule has 0 radical (unpaired) electrons. The summed E-state index contributed by atoms with van der Waals surface area (Å²) in [6, 6.07) is 0. The lowest BCUT2D eigenvalue weighted by Gasteiger charge is -2.23. The average molecular weight is 230 g/mol. The fourth-order valence-corrected chi connectivity index (χ4v) is 0.961. The van der Waals surface area contributed by atoms with Gasteiger partial charge in [-0.05, 0) is 25.4 Å². The molecule has 0 aliphatic rings. The standard InChI is InChI=1S/C8H12ClN5O/c1-8(2,6(11)15)14-5-4(10)3-12-7(9)13-5/h3H,10H2,1-2H3,(H2,11,15)(H,12,13,14). The van der Waals surface area contributed by atoms with Gasteiger partial charge in [0.15, 0.2) is 5.82 Å². The van der Waals surface area contributed by atoms with Crippen LogP contribution in [0, 0.1) is 0 Å². The van der Waals surface area contributed by atoms with E-state index in [-0.39, 0.29) is 5.28 Å². The minimum Gasteiger partial charge on any atom is -0.394 e. The zero-order valence-electron chi connectivity index (χ0n) is 8.41. The molecule has 5 N–H and O–H groups in total. The lowest BCUT2D eigenvalue weighted by molar-refractivity contribution is -0.121. The molecular formula is C8H12ClN5O. The lowest BCUT2D eigenvalue weighted by Crippen LogP contribution is -2.45. The van der Waals surface area contributed by atoms with Gasteiger partial charge < -0.3 is 16.8 Å². The molecule has 0 fully saturated rings. The topological polar surface area (TPSA) is 107 Å². The molecule has 0 saturated carbocycles. The van der Waals surface area contributed by atoms with Crippen LogP contribution in [-0.4, -0.2) is 21.4 Å². The third-order valence-corrected chi connectivity index (χ3v) is 2.02. The number of halogens is 1. The van der Waals surface area contributed by atoms with E-state index in [1.807, 2.05) is 0 Å². The Balaban J connectivity index is 2.99. The summed E-state index contributed by atoms with van der Waals surface area (Å²) < 4.78 is 0. The predicted octanol–water partition coefficient (Wildman–Crippen LogP) is 0.388. The second-order valence-electron chi connectivity index (χ2n) is 3.56. The average Bonchev–Trinajstić information content (AvgIpc) is 2.10. The monoisotopic (exact) mass is 229 g/mol. The molecule has 0 aliphatic carbocycles. The number of anilines is 2. The van der Waals surface area contributed by atoms with Crippen molar-refractivity contribution in [3.05, 3.63) is 11.5 Å².